The molecule has 1 N–H and O–H groups in total. The number of nitrogens with zero attached hydrogens (tertiary/aromatic N) is 1. The molecule has 3 atom stereocenters. The first-order valence-corrected chi connectivity index (χ1v) is 7.31. The molecule has 0 aliphatic heterocycles. The first-order chi connectivity index (χ1) is 10.7. The normalized spacial score (nSPS) is 22.7. The monoisotopic (exact) mass is 332 g/mol. The average molecular weight is 332 g/mol. The third kappa shape index (κ3) is 3.86. The van der Waals surface area contributed by atoms with Crippen molar-refractivity contribution in [1.82, 2.24) is 9.88 Å². The van der Waals surface area contributed by atoms with E-state index in [1.54, 1.807) is 7.05 Å². The molecule has 1 aromatic heterocycles. The Morgan fingerprint density at radius 2 is 2.00 bits per heavy atom. The summed E-state index contributed by atoms with van der Waals surface area (Å²) in [7, 11) is 2.81. The second-order valence-corrected chi connectivity index (χ2v) is 5.76. The predicted molar refractivity (Wildman–Crippen MR) is 75.2 cm³/mol. The summed E-state index contributed by atoms with van der Waals surface area (Å²) in [5.74, 6) is -2.77. The Kier molecular flexibility index (Phi) is 5.01. The fourth-order valence-corrected chi connectivity index (χ4v) is 3.01. The number of halogens is 3. The molecule has 0 spiro atoms. The Morgan fingerprint density at radius 1 is 1.35 bits per heavy atom. The third-order valence-electron chi connectivity index (χ3n) is 4.16. The molecule has 1 amide bonds. The zero-order valence-corrected chi connectivity index (χ0v) is 12.9. The van der Waals surface area contributed by atoms with Crippen molar-refractivity contribution >= 4 is 11.9 Å². The molecule has 8 heteroatoms. The molecule has 1 aromatic rings. The van der Waals surface area contributed by atoms with E-state index in [4.69, 9.17) is 0 Å². The molecule has 1 saturated carbocycles. The molecule has 0 aromatic carbocycles. The van der Waals surface area contributed by atoms with Crippen LogP contribution >= 0.6 is 0 Å². The summed E-state index contributed by atoms with van der Waals surface area (Å²) in [6.45, 7) is 0. The fourth-order valence-electron chi connectivity index (χ4n) is 3.01. The Labute approximate surface area is 131 Å². The highest BCUT2D eigenvalue weighted by atomic mass is 19.4. The number of methoxy groups -OCH3 is 1. The molecule has 3 unspecified atom stereocenters. The van der Waals surface area contributed by atoms with Crippen molar-refractivity contribution in [2.75, 3.05) is 7.11 Å². The largest absolute Gasteiger partial charge is 0.469 e. The molecule has 0 bridgehead atoms. The van der Waals surface area contributed by atoms with E-state index in [0.717, 1.165) is 0 Å². The van der Waals surface area contributed by atoms with Crippen molar-refractivity contribution in [3.63, 3.8) is 0 Å². The van der Waals surface area contributed by atoms with Gasteiger partial charge in [-0.25, -0.2) is 0 Å². The number of carbonyl (C=O) groups excluding carboxylic acids is 2. The zero-order chi connectivity index (χ0) is 17.2. The number of rotatable bonds is 4. The van der Waals surface area contributed by atoms with Crippen LogP contribution in [0.2, 0.25) is 0 Å². The highest BCUT2D eigenvalue weighted by Gasteiger charge is 2.45. The minimum Gasteiger partial charge on any atom is -0.469 e. The zero-order valence-electron chi connectivity index (χ0n) is 12.9. The number of aromatic nitrogens is 1. The highest BCUT2D eigenvalue weighted by molar-refractivity contribution is 5.86. The second kappa shape index (κ2) is 6.64. The number of carbonyl (C=O) groups is 2. The van der Waals surface area contributed by atoms with Gasteiger partial charge >= 0.3 is 12.1 Å². The lowest BCUT2D eigenvalue weighted by Gasteiger charge is -2.24. The molecule has 1 aliphatic carbocycles. The summed E-state index contributed by atoms with van der Waals surface area (Å²) in [6, 6.07) is -0.777. The van der Waals surface area contributed by atoms with E-state index in [-0.39, 0.29) is 5.56 Å². The molecule has 0 saturated heterocycles. The maximum atomic E-state index is 13.3. The van der Waals surface area contributed by atoms with Crippen LogP contribution in [-0.4, -0.2) is 29.7 Å². The molecule has 23 heavy (non-hydrogen) atoms. The Bertz CT molecular complexity index is 583. The van der Waals surface area contributed by atoms with Crippen molar-refractivity contribution < 1.29 is 27.5 Å². The highest BCUT2D eigenvalue weighted by Crippen LogP contribution is 2.36. The molecular formula is C15H19F3N2O3. The number of alkyl halides is 3. The van der Waals surface area contributed by atoms with Gasteiger partial charge in [0.2, 0.25) is 5.91 Å². The van der Waals surface area contributed by atoms with Crippen LogP contribution in [0.1, 0.15) is 30.9 Å². The Hall–Kier alpha value is -1.99. The Morgan fingerprint density at radius 3 is 2.52 bits per heavy atom. The number of hydrogen-bond acceptors (Lipinski definition) is 3. The van der Waals surface area contributed by atoms with Gasteiger partial charge in [-0.15, -0.1) is 0 Å². The number of ether oxygens (including phenoxy) is 1. The number of nitrogens with one attached hydrogen (secondary N) is 1. The van der Waals surface area contributed by atoms with Crippen molar-refractivity contribution in [3.8, 4) is 0 Å². The van der Waals surface area contributed by atoms with Gasteiger partial charge in [-0.2, -0.15) is 13.2 Å². The average Bonchev–Trinajstić information content (AvgIpc) is 3.11. The predicted octanol–water partition coefficient (Wildman–Crippen LogP) is 2.33. The lowest BCUT2D eigenvalue weighted by molar-refractivity contribution is -0.165. The number of esters is 1. The van der Waals surface area contributed by atoms with E-state index >= 15 is 0 Å². The summed E-state index contributed by atoms with van der Waals surface area (Å²) in [5, 5.41) is 2.05. The first kappa shape index (κ1) is 17.4. The van der Waals surface area contributed by atoms with Gasteiger partial charge in [0.25, 0.3) is 0 Å². The van der Waals surface area contributed by atoms with Gasteiger partial charge in [-0.05, 0) is 18.9 Å². The molecule has 0 radical (unpaired) electrons. The smallest absolute Gasteiger partial charge is 0.412 e. The molecule has 2 rings (SSSR count). The standard InChI is InChI=1S/C15H19F3N2O3/c1-20-7-6-9(8-20)12(15(16,17)18)19-13(21)10-4-3-5-11(10)14(22)23-2/h6-8,10-12H,3-5H2,1-2H3,(H,19,21). The van der Waals surface area contributed by atoms with Crippen LogP contribution in [0.5, 0.6) is 0 Å². The van der Waals surface area contributed by atoms with Crippen LogP contribution in [-0.2, 0) is 21.4 Å². The van der Waals surface area contributed by atoms with Crippen molar-refractivity contribution in [3.05, 3.63) is 24.0 Å². The molecule has 1 aliphatic rings. The van der Waals surface area contributed by atoms with E-state index in [1.165, 1.54) is 30.1 Å². The van der Waals surface area contributed by atoms with Crippen LogP contribution in [0, 0.1) is 11.8 Å². The lowest BCUT2D eigenvalue weighted by Crippen LogP contribution is -2.42. The maximum absolute atomic E-state index is 13.3. The lowest BCUT2D eigenvalue weighted by atomic mass is 9.94. The van der Waals surface area contributed by atoms with Crippen LogP contribution in [0.25, 0.3) is 0 Å². The van der Waals surface area contributed by atoms with Crippen LogP contribution in [0.15, 0.2) is 18.5 Å². The summed E-state index contributed by atoms with van der Waals surface area (Å²) < 4.78 is 45.9. The number of aryl methyl sites for hydroxylation is 1. The number of amides is 1. The van der Waals surface area contributed by atoms with Gasteiger partial charge in [-0.3, -0.25) is 9.59 Å². The number of hydrogen-bond donors (Lipinski definition) is 1. The van der Waals surface area contributed by atoms with Gasteiger partial charge in [0.05, 0.1) is 18.9 Å². The maximum Gasteiger partial charge on any atom is 0.412 e. The van der Waals surface area contributed by atoms with E-state index in [9.17, 15) is 22.8 Å². The minimum absolute atomic E-state index is 0.0408. The quantitative estimate of drug-likeness (QED) is 0.861. The molecule has 128 valence electrons. The molecule has 1 heterocycles. The summed E-state index contributed by atoms with van der Waals surface area (Å²) in [6.07, 6.45) is -0.383. The van der Waals surface area contributed by atoms with Crippen molar-refractivity contribution in [1.29, 1.82) is 0 Å². The van der Waals surface area contributed by atoms with Gasteiger partial charge in [0, 0.05) is 25.0 Å². The first-order valence-electron chi connectivity index (χ1n) is 7.31. The van der Waals surface area contributed by atoms with E-state index in [2.05, 4.69) is 10.1 Å². The third-order valence-corrected chi connectivity index (χ3v) is 4.16. The molecular weight excluding hydrogens is 313 g/mol. The van der Waals surface area contributed by atoms with Crippen LogP contribution in [0.4, 0.5) is 13.2 Å². The molecule has 5 nitrogen and oxygen atoms in total. The van der Waals surface area contributed by atoms with E-state index < -0.39 is 35.9 Å². The fraction of sp³-hybridized carbons (Fsp3) is 0.600. The van der Waals surface area contributed by atoms with E-state index in [1.807, 2.05) is 0 Å². The van der Waals surface area contributed by atoms with Crippen LogP contribution < -0.4 is 5.32 Å². The van der Waals surface area contributed by atoms with Crippen LogP contribution in [0.3, 0.4) is 0 Å². The van der Waals surface area contributed by atoms with Gasteiger partial charge in [0.1, 0.15) is 0 Å². The van der Waals surface area contributed by atoms with Gasteiger partial charge < -0.3 is 14.6 Å². The van der Waals surface area contributed by atoms with Crippen molar-refractivity contribution in [2.24, 2.45) is 18.9 Å². The SMILES string of the molecule is COC(=O)C1CCCC1C(=O)NC(c1ccn(C)c1)C(F)(F)F. The summed E-state index contributed by atoms with van der Waals surface area (Å²) in [5.41, 5.74) is -0.0408. The minimum atomic E-state index is -4.61. The Balaban J connectivity index is 2.16. The van der Waals surface area contributed by atoms with Crippen molar-refractivity contribution in [2.45, 2.75) is 31.5 Å². The summed E-state index contributed by atoms with van der Waals surface area (Å²) >= 11 is 0. The summed E-state index contributed by atoms with van der Waals surface area (Å²) in [4.78, 5) is 23.9. The molecule has 1 fully saturated rings. The van der Waals surface area contributed by atoms with E-state index in [0.29, 0.717) is 19.3 Å². The van der Waals surface area contributed by atoms with Gasteiger partial charge in [0.15, 0.2) is 6.04 Å². The van der Waals surface area contributed by atoms with Gasteiger partial charge in [-0.1, -0.05) is 6.42 Å². The second-order valence-electron chi connectivity index (χ2n) is 5.76. The topological polar surface area (TPSA) is 60.3 Å².